The average Bonchev–Trinajstić information content (AvgIpc) is 3.43. The molecule has 4 aromatic rings. The molecule has 1 aliphatic rings. The molecule has 1 saturated heterocycles. The molecule has 8 heteroatoms. The van der Waals surface area contributed by atoms with Crippen molar-refractivity contribution < 1.29 is 9.47 Å². The van der Waals surface area contributed by atoms with E-state index < -0.39 is 0 Å². The highest BCUT2D eigenvalue weighted by molar-refractivity contribution is 5.84. The van der Waals surface area contributed by atoms with Crippen molar-refractivity contribution >= 4 is 22.7 Å². The number of aromatic nitrogens is 5. The van der Waals surface area contributed by atoms with Gasteiger partial charge in [-0.25, -0.2) is 4.98 Å². The molecule has 0 saturated carbocycles. The van der Waals surface area contributed by atoms with Crippen LogP contribution >= 0.6 is 0 Å². The number of rotatable bonds is 5. The van der Waals surface area contributed by atoms with Gasteiger partial charge in [-0.15, -0.1) is 0 Å². The summed E-state index contributed by atoms with van der Waals surface area (Å²) >= 11 is 0. The summed E-state index contributed by atoms with van der Waals surface area (Å²) in [7, 11) is 3.79. The van der Waals surface area contributed by atoms with E-state index in [1.807, 2.05) is 61.2 Å². The molecule has 4 heterocycles. The molecule has 0 aliphatic carbocycles. The van der Waals surface area contributed by atoms with E-state index in [9.17, 15) is 0 Å². The van der Waals surface area contributed by atoms with E-state index in [4.69, 9.17) is 14.5 Å². The van der Waals surface area contributed by atoms with Gasteiger partial charge in [0.15, 0.2) is 5.65 Å². The second-order valence-electron chi connectivity index (χ2n) is 7.71. The quantitative estimate of drug-likeness (QED) is 0.548. The standard InChI is InChI=1S/C22H24N6O2/c1-14-12-29-13-19(14)30-18-10-20(25-22-16(18)11-23-28(22)3)24-21-9-17(26-27(21)2)15-7-5-4-6-8-15/h4-11,14,19H,12-13H2,1-3H3,(H,24,25)/t14-,19-/m1/s1. The van der Waals surface area contributed by atoms with Gasteiger partial charge in [0.25, 0.3) is 0 Å². The Morgan fingerprint density at radius 3 is 2.70 bits per heavy atom. The van der Waals surface area contributed by atoms with E-state index in [1.54, 1.807) is 10.9 Å². The van der Waals surface area contributed by atoms with Crippen molar-refractivity contribution in [2.45, 2.75) is 13.0 Å². The average molecular weight is 404 g/mol. The molecule has 1 aromatic carbocycles. The minimum atomic E-state index is 0.0186. The van der Waals surface area contributed by atoms with E-state index in [0.29, 0.717) is 24.9 Å². The van der Waals surface area contributed by atoms with E-state index in [0.717, 1.165) is 33.9 Å². The van der Waals surface area contributed by atoms with Crippen LogP contribution in [-0.2, 0) is 18.8 Å². The van der Waals surface area contributed by atoms with Gasteiger partial charge in [-0.2, -0.15) is 10.2 Å². The summed E-state index contributed by atoms with van der Waals surface area (Å²) in [6.45, 7) is 3.45. The molecule has 0 radical (unpaired) electrons. The maximum Gasteiger partial charge on any atom is 0.163 e. The van der Waals surface area contributed by atoms with Crippen molar-refractivity contribution in [2.75, 3.05) is 18.5 Å². The maximum atomic E-state index is 6.32. The largest absolute Gasteiger partial charge is 0.487 e. The minimum absolute atomic E-state index is 0.0186. The van der Waals surface area contributed by atoms with Crippen LogP contribution in [0.5, 0.6) is 5.75 Å². The van der Waals surface area contributed by atoms with Gasteiger partial charge in [0.05, 0.1) is 30.5 Å². The highest BCUT2D eigenvalue weighted by Gasteiger charge is 2.27. The number of hydrogen-bond acceptors (Lipinski definition) is 6. The topological polar surface area (TPSA) is 79.0 Å². The van der Waals surface area contributed by atoms with Gasteiger partial charge in [-0.1, -0.05) is 37.3 Å². The first-order chi connectivity index (χ1) is 14.6. The summed E-state index contributed by atoms with van der Waals surface area (Å²) in [5, 5.41) is 13.3. The number of benzene rings is 1. The summed E-state index contributed by atoms with van der Waals surface area (Å²) in [5.74, 6) is 2.61. The zero-order chi connectivity index (χ0) is 20.7. The summed E-state index contributed by atoms with van der Waals surface area (Å²) in [4.78, 5) is 4.74. The molecule has 5 rings (SSSR count). The Hall–Kier alpha value is -3.39. The van der Waals surface area contributed by atoms with Gasteiger partial charge in [0, 0.05) is 37.7 Å². The van der Waals surface area contributed by atoms with Crippen LogP contribution in [0.25, 0.3) is 22.3 Å². The van der Waals surface area contributed by atoms with Crippen molar-refractivity contribution in [2.24, 2.45) is 20.0 Å². The Labute approximate surface area is 174 Å². The molecule has 0 unspecified atom stereocenters. The number of pyridine rings is 1. The fourth-order valence-corrected chi connectivity index (χ4v) is 3.67. The van der Waals surface area contributed by atoms with Gasteiger partial charge in [0.1, 0.15) is 23.5 Å². The smallest absolute Gasteiger partial charge is 0.163 e. The van der Waals surface area contributed by atoms with Crippen LogP contribution in [0.4, 0.5) is 11.6 Å². The number of anilines is 2. The van der Waals surface area contributed by atoms with E-state index in [2.05, 4.69) is 22.4 Å². The van der Waals surface area contributed by atoms with Crippen molar-refractivity contribution in [3.8, 4) is 17.0 Å². The Bertz CT molecular complexity index is 1180. The van der Waals surface area contributed by atoms with E-state index in [-0.39, 0.29) is 6.10 Å². The Kier molecular flexibility index (Phi) is 4.63. The first-order valence-corrected chi connectivity index (χ1v) is 10.0. The minimum Gasteiger partial charge on any atom is -0.487 e. The van der Waals surface area contributed by atoms with Crippen molar-refractivity contribution in [1.29, 1.82) is 0 Å². The van der Waals surface area contributed by atoms with Crippen molar-refractivity contribution in [1.82, 2.24) is 24.5 Å². The molecule has 1 fully saturated rings. The number of nitrogens with one attached hydrogen (secondary N) is 1. The Morgan fingerprint density at radius 1 is 1.10 bits per heavy atom. The normalized spacial score (nSPS) is 18.8. The lowest BCUT2D eigenvalue weighted by Gasteiger charge is -2.17. The molecule has 0 spiro atoms. The number of ether oxygens (including phenoxy) is 2. The first kappa shape index (κ1) is 18.6. The van der Waals surface area contributed by atoms with Gasteiger partial charge in [0.2, 0.25) is 0 Å². The van der Waals surface area contributed by atoms with E-state index in [1.165, 1.54) is 0 Å². The van der Waals surface area contributed by atoms with Crippen LogP contribution in [0.2, 0.25) is 0 Å². The number of nitrogens with zero attached hydrogens (tertiary/aromatic N) is 5. The van der Waals surface area contributed by atoms with Crippen LogP contribution in [-0.4, -0.2) is 43.9 Å². The van der Waals surface area contributed by atoms with Gasteiger partial charge >= 0.3 is 0 Å². The van der Waals surface area contributed by atoms with Gasteiger partial charge in [-0.05, 0) is 0 Å². The predicted octanol–water partition coefficient (Wildman–Crippen LogP) is 3.53. The lowest BCUT2D eigenvalue weighted by atomic mass is 10.1. The third kappa shape index (κ3) is 3.39. The highest BCUT2D eigenvalue weighted by atomic mass is 16.5. The second kappa shape index (κ2) is 7.46. The predicted molar refractivity (Wildman–Crippen MR) is 115 cm³/mol. The molecule has 2 atom stereocenters. The molecular weight excluding hydrogens is 380 g/mol. The number of hydrogen-bond donors (Lipinski definition) is 1. The third-order valence-corrected chi connectivity index (χ3v) is 5.45. The van der Waals surface area contributed by atoms with Crippen LogP contribution < -0.4 is 10.1 Å². The molecule has 30 heavy (non-hydrogen) atoms. The first-order valence-electron chi connectivity index (χ1n) is 10.0. The van der Waals surface area contributed by atoms with Crippen LogP contribution in [0.1, 0.15) is 6.92 Å². The fourth-order valence-electron chi connectivity index (χ4n) is 3.67. The molecule has 8 nitrogen and oxygen atoms in total. The molecule has 3 aromatic heterocycles. The highest BCUT2D eigenvalue weighted by Crippen LogP contribution is 2.32. The van der Waals surface area contributed by atoms with Gasteiger partial charge < -0.3 is 14.8 Å². The van der Waals surface area contributed by atoms with Crippen LogP contribution in [0.15, 0.2) is 48.7 Å². The lowest BCUT2D eigenvalue weighted by Crippen LogP contribution is -2.23. The number of aryl methyl sites for hydroxylation is 2. The Morgan fingerprint density at radius 2 is 1.93 bits per heavy atom. The Balaban J connectivity index is 1.49. The monoisotopic (exact) mass is 404 g/mol. The lowest BCUT2D eigenvalue weighted by molar-refractivity contribution is 0.139. The third-order valence-electron chi connectivity index (χ3n) is 5.45. The molecule has 0 amide bonds. The summed E-state index contributed by atoms with van der Waals surface area (Å²) < 4.78 is 15.4. The molecule has 1 N–H and O–H groups in total. The van der Waals surface area contributed by atoms with Crippen LogP contribution in [0.3, 0.4) is 0 Å². The maximum absolute atomic E-state index is 6.32. The van der Waals surface area contributed by atoms with E-state index >= 15 is 0 Å². The SMILES string of the molecule is C[C@@H]1COC[C@H]1Oc1cc(Nc2cc(-c3ccccc3)nn2C)nc2c1cnn2C. The van der Waals surface area contributed by atoms with Crippen molar-refractivity contribution in [3.05, 3.63) is 48.7 Å². The zero-order valence-electron chi connectivity index (χ0n) is 17.2. The molecule has 0 bridgehead atoms. The fraction of sp³-hybridized carbons (Fsp3) is 0.318. The molecule has 1 aliphatic heterocycles. The second-order valence-corrected chi connectivity index (χ2v) is 7.71. The summed E-state index contributed by atoms with van der Waals surface area (Å²) in [6.07, 6.45) is 1.81. The summed E-state index contributed by atoms with van der Waals surface area (Å²) in [5.41, 5.74) is 2.72. The van der Waals surface area contributed by atoms with Gasteiger partial charge in [-0.3, -0.25) is 9.36 Å². The molecule has 154 valence electrons. The zero-order valence-corrected chi connectivity index (χ0v) is 17.2. The number of fused-ring (bicyclic) bond motifs is 1. The van der Waals surface area contributed by atoms with Crippen molar-refractivity contribution in [3.63, 3.8) is 0 Å². The molecular formula is C22H24N6O2. The van der Waals surface area contributed by atoms with Crippen LogP contribution in [0, 0.1) is 5.92 Å². The summed E-state index contributed by atoms with van der Waals surface area (Å²) in [6, 6.07) is 14.0.